The van der Waals surface area contributed by atoms with Crippen LogP contribution in [0, 0.1) is 0 Å². The van der Waals surface area contributed by atoms with Crippen LogP contribution in [0.4, 0.5) is 5.82 Å². The van der Waals surface area contributed by atoms with E-state index in [2.05, 4.69) is 9.97 Å². The smallest absolute Gasteiger partial charge is 0.356 e. The SMILES string of the molecule is CC(=O)SC1CC(=O)N(c2cncc(C(=O)O)n2)C1. The van der Waals surface area contributed by atoms with Crippen molar-refractivity contribution >= 4 is 34.6 Å². The van der Waals surface area contributed by atoms with Gasteiger partial charge in [-0.05, 0) is 0 Å². The third kappa shape index (κ3) is 3.08. The van der Waals surface area contributed by atoms with Gasteiger partial charge in [-0.1, -0.05) is 11.8 Å². The number of carboxylic acid groups (broad SMARTS) is 1. The molecule has 0 bridgehead atoms. The molecule has 1 amide bonds. The molecule has 0 aromatic carbocycles. The van der Waals surface area contributed by atoms with E-state index in [4.69, 9.17) is 5.11 Å². The molecule has 100 valence electrons. The van der Waals surface area contributed by atoms with Crippen LogP contribution in [0.1, 0.15) is 23.8 Å². The van der Waals surface area contributed by atoms with Crippen molar-refractivity contribution in [2.45, 2.75) is 18.6 Å². The Kier molecular flexibility index (Phi) is 3.79. The minimum Gasteiger partial charge on any atom is -0.476 e. The predicted molar refractivity (Wildman–Crippen MR) is 68.0 cm³/mol. The molecule has 0 aliphatic carbocycles. The highest BCUT2D eigenvalue weighted by molar-refractivity contribution is 8.14. The maximum atomic E-state index is 11.8. The number of thioether (sulfide) groups is 1. The van der Waals surface area contributed by atoms with Gasteiger partial charge < -0.3 is 5.11 Å². The summed E-state index contributed by atoms with van der Waals surface area (Å²) < 4.78 is 0. The summed E-state index contributed by atoms with van der Waals surface area (Å²) in [5.41, 5.74) is -0.215. The first kappa shape index (κ1) is 13.5. The molecule has 1 fully saturated rings. The Balaban J connectivity index is 2.18. The fourth-order valence-corrected chi connectivity index (χ4v) is 2.72. The Bertz CT molecular complexity index is 548. The highest BCUT2D eigenvalue weighted by Crippen LogP contribution is 2.27. The quantitative estimate of drug-likeness (QED) is 0.863. The van der Waals surface area contributed by atoms with Gasteiger partial charge in [-0.2, -0.15) is 0 Å². The summed E-state index contributed by atoms with van der Waals surface area (Å²) in [6.07, 6.45) is 2.70. The summed E-state index contributed by atoms with van der Waals surface area (Å²) in [6, 6.07) is 0. The van der Waals surface area contributed by atoms with E-state index in [-0.39, 0.29) is 34.2 Å². The molecule has 1 N–H and O–H groups in total. The number of anilines is 1. The lowest BCUT2D eigenvalue weighted by atomic mass is 10.4. The minimum absolute atomic E-state index is 0.0509. The van der Waals surface area contributed by atoms with Crippen LogP contribution in [0.2, 0.25) is 0 Å². The van der Waals surface area contributed by atoms with E-state index in [1.165, 1.54) is 18.0 Å². The third-order valence-corrected chi connectivity index (χ3v) is 3.52. The highest BCUT2D eigenvalue weighted by Gasteiger charge is 2.33. The average Bonchev–Trinajstić information content (AvgIpc) is 2.69. The zero-order valence-electron chi connectivity index (χ0n) is 10.1. The number of carbonyl (C=O) groups excluding carboxylic acids is 2. The molecule has 1 unspecified atom stereocenters. The molecular weight excluding hydrogens is 270 g/mol. The van der Waals surface area contributed by atoms with Gasteiger partial charge in [-0.3, -0.25) is 19.5 Å². The molecule has 2 rings (SSSR count). The van der Waals surface area contributed by atoms with Gasteiger partial charge in [0, 0.05) is 25.1 Å². The number of hydrogen-bond donors (Lipinski definition) is 1. The number of nitrogens with zero attached hydrogens (tertiary/aromatic N) is 3. The summed E-state index contributed by atoms with van der Waals surface area (Å²) >= 11 is 1.11. The fourth-order valence-electron chi connectivity index (χ4n) is 1.80. The molecule has 2 heterocycles. The van der Waals surface area contributed by atoms with Crippen molar-refractivity contribution in [1.82, 2.24) is 9.97 Å². The Hall–Kier alpha value is -1.96. The van der Waals surface area contributed by atoms with Crippen molar-refractivity contribution < 1.29 is 19.5 Å². The molecule has 0 radical (unpaired) electrons. The zero-order valence-corrected chi connectivity index (χ0v) is 10.9. The van der Waals surface area contributed by atoms with Gasteiger partial charge in [0.1, 0.15) is 0 Å². The number of aromatic carboxylic acids is 1. The number of carboxylic acids is 1. The van der Waals surface area contributed by atoms with Gasteiger partial charge in [-0.15, -0.1) is 0 Å². The number of carbonyl (C=O) groups is 3. The second kappa shape index (κ2) is 5.35. The Labute approximate surface area is 113 Å². The van der Waals surface area contributed by atoms with Crippen molar-refractivity contribution in [2.24, 2.45) is 0 Å². The maximum absolute atomic E-state index is 11.8. The first-order valence-electron chi connectivity index (χ1n) is 5.50. The van der Waals surface area contributed by atoms with Crippen molar-refractivity contribution in [3.05, 3.63) is 18.1 Å². The number of aromatic nitrogens is 2. The molecular formula is C11H11N3O4S. The Morgan fingerprint density at radius 1 is 1.47 bits per heavy atom. The number of amides is 1. The number of hydrogen-bond acceptors (Lipinski definition) is 6. The molecule has 0 saturated carbocycles. The molecule has 0 spiro atoms. The van der Waals surface area contributed by atoms with Gasteiger partial charge >= 0.3 is 5.97 Å². The van der Waals surface area contributed by atoms with Crippen LogP contribution in [0.15, 0.2) is 12.4 Å². The first-order valence-corrected chi connectivity index (χ1v) is 6.38. The van der Waals surface area contributed by atoms with Gasteiger partial charge in [-0.25, -0.2) is 9.78 Å². The second-order valence-electron chi connectivity index (χ2n) is 4.01. The molecule has 19 heavy (non-hydrogen) atoms. The summed E-state index contributed by atoms with van der Waals surface area (Å²) in [6.45, 7) is 1.78. The van der Waals surface area contributed by atoms with E-state index in [0.29, 0.717) is 6.54 Å². The van der Waals surface area contributed by atoms with Crippen molar-refractivity contribution in [2.75, 3.05) is 11.4 Å². The normalized spacial score (nSPS) is 18.7. The van der Waals surface area contributed by atoms with E-state index in [1.54, 1.807) is 0 Å². The minimum atomic E-state index is -1.20. The van der Waals surface area contributed by atoms with Crippen molar-refractivity contribution in [3.8, 4) is 0 Å². The van der Waals surface area contributed by atoms with Crippen molar-refractivity contribution in [3.63, 3.8) is 0 Å². The third-order valence-electron chi connectivity index (χ3n) is 2.54. The van der Waals surface area contributed by atoms with Crippen LogP contribution in [0.3, 0.4) is 0 Å². The topological polar surface area (TPSA) is 100 Å². The van der Waals surface area contributed by atoms with Crippen LogP contribution in [-0.4, -0.2) is 43.9 Å². The fraction of sp³-hybridized carbons (Fsp3) is 0.364. The Morgan fingerprint density at radius 3 is 2.84 bits per heavy atom. The molecule has 1 aliphatic rings. The lowest BCUT2D eigenvalue weighted by molar-refractivity contribution is -0.117. The van der Waals surface area contributed by atoms with Crippen LogP contribution in [0.25, 0.3) is 0 Å². The molecule has 1 aromatic heterocycles. The van der Waals surface area contributed by atoms with E-state index in [9.17, 15) is 14.4 Å². The summed E-state index contributed by atoms with van der Waals surface area (Å²) in [4.78, 5) is 42.6. The maximum Gasteiger partial charge on any atom is 0.356 e. The summed E-state index contributed by atoms with van der Waals surface area (Å²) in [5.74, 6) is -1.18. The summed E-state index contributed by atoms with van der Waals surface area (Å²) in [5, 5.41) is 8.66. The monoisotopic (exact) mass is 281 g/mol. The molecule has 8 heteroatoms. The van der Waals surface area contributed by atoms with Gasteiger partial charge in [0.15, 0.2) is 16.6 Å². The Morgan fingerprint density at radius 2 is 2.21 bits per heavy atom. The largest absolute Gasteiger partial charge is 0.476 e. The van der Waals surface area contributed by atoms with Gasteiger partial charge in [0.05, 0.1) is 12.4 Å². The highest BCUT2D eigenvalue weighted by atomic mass is 32.2. The average molecular weight is 281 g/mol. The van der Waals surface area contributed by atoms with Crippen LogP contribution >= 0.6 is 11.8 Å². The predicted octanol–water partition coefficient (Wildman–Crippen LogP) is 0.560. The molecule has 1 aliphatic heterocycles. The number of rotatable bonds is 3. The standard InChI is InChI=1S/C11H11N3O4S/c1-6(15)19-7-2-10(16)14(5-7)9-4-12-3-8(13-9)11(17)18/h3-4,7H,2,5H2,1H3,(H,17,18). The molecule has 1 saturated heterocycles. The van der Waals surface area contributed by atoms with Gasteiger partial charge in [0.25, 0.3) is 0 Å². The van der Waals surface area contributed by atoms with Crippen LogP contribution in [0.5, 0.6) is 0 Å². The molecule has 7 nitrogen and oxygen atoms in total. The zero-order chi connectivity index (χ0) is 14.0. The van der Waals surface area contributed by atoms with Crippen LogP contribution in [-0.2, 0) is 9.59 Å². The molecule has 1 aromatic rings. The van der Waals surface area contributed by atoms with Gasteiger partial charge in [0.2, 0.25) is 5.91 Å². The van der Waals surface area contributed by atoms with Crippen molar-refractivity contribution in [1.29, 1.82) is 0 Å². The van der Waals surface area contributed by atoms with E-state index < -0.39 is 5.97 Å². The van der Waals surface area contributed by atoms with E-state index in [1.807, 2.05) is 0 Å². The lowest BCUT2D eigenvalue weighted by Gasteiger charge is -2.14. The molecule has 1 atom stereocenters. The second-order valence-corrected chi connectivity index (χ2v) is 5.48. The van der Waals surface area contributed by atoms with E-state index in [0.717, 1.165) is 18.0 Å². The summed E-state index contributed by atoms with van der Waals surface area (Å²) in [7, 11) is 0. The van der Waals surface area contributed by atoms with Crippen LogP contribution < -0.4 is 4.90 Å². The first-order chi connectivity index (χ1) is 8.97. The van der Waals surface area contributed by atoms with E-state index >= 15 is 0 Å². The lowest BCUT2D eigenvalue weighted by Crippen LogP contribution is -2.26.